The lowest BCUT2D eigenvalue weighted by atomic mass is 10.1. The molecule has 6 heteroatoms. The SMILES string of the molecule is Cc1ccc(C(=O)NCCNC(=O)NC2c3ccccc3CC2O)cc1. The normalized spacial score (nSPS) is 18.1. The van der Waals surface area contributed by atoms with Crippen molar-refractivity contribution < 1.29 is 14.7 Å². The van der Waals surface area contributed by atoms with Gasteiger partial charge in [-0.25, -0.2) is 4.79 Å². The van der Waals surface area contributed by atoms with Gasteiger partial charge in [-0.05, 0) is 30.2 Å². The number of carbonyl (C=O) groups excluding carboxylic acids is 2. The number of urea groups is 1. The zero-order valence-electron chi connectivity index (χ0n) is 14.7. The molecule has 2 unspecified atom stereocenters. The molecule has 0 spiro atoms. The van der Waals surface area contributed by atoms with Crippen molar-refractivity contribution >= 4 is 11.9 Å². The Morgan fingerprint density at radius 2 is 1.73 bits per heavy atom. The summed E-state index contributed by atoms with van der Waals surface area (Å²) in [6, 6.07) is 14.2. The van der Waals surface area contributed by atoms with E-state index in [9.17, 15) is 14.7 Å². The molecule has 6 nitrogen and oxygen atoms in total. The lowest BCUT2D eigenvalue weighted by Gasteiger charge is -2.18. The van der Waals surface area contributed by atoms with Gasteiger partial charge in [0.15, 0.2) is 0 Å². The summed E-state index contributed by atoms with van der Waals surface area (Å²) in [5, 5.41) is 18.4. The summed E-state index contributed by atoms with van der Waals surface area (Å²) in [4.78, 5) is 24.0. The second-order valence-electron chi connectivity index (χ2n) is 6.47. The van der Waals surface area contributed by atoms with Crippen LogP contribution in [0.3, 0.4) is 0 Å². The second kappa shape index (κ2) is 8.01. The molecule has 26 heavy (non-hydrogen) atoms. The molecular formula is C20H23N3O3. The van der Waals surface area contributed by atoms with Crippen LogP contribution in [0, 0.1) is 6.92 Å². The fraction of sp³-hybridized carbons (Fsp3) is 0.300. The van der Waals surface area contributed by atoms with Crippen molar-refractivity contribution in [2.45, 2.75) is 25.5 Å². The molecule has 136 valence electrons. The Hall–Kier alpha value is -2.86. The second-order valence-corrected chi connectivity index (χ2v) is 6.47. The first-order chi connectivity index (χ1) is 12.5. The number of aliphatic hydroxyl groups excluding tert-OH is 1. The Labute approximate surface area is 152 Å². The molecule has 0 radical (unpaired) electrons. The van der Waals surface area contributed by atoms with Crippen LogP contribution in [0.4, 0.5) is 4.79 Å². The zero-order chi connectivity index (χ0) is 18.5. The van der Waals surface area contributed by atoms with E-state index in [1.807, 2.05) is 43.3 Å². The number of rotatable bonds is 5. The monoisotopic (exact) mass is 353 g/mol. The number of hydrogen-bond donors (Lipinski definition) is 4. The van der Waals surface area contributed by atoms with Crippen LogP contribution < -0.4 is 16.0 Å². The van der Waals surface area contributed by atoms with Gasteiger partial charge in [-0.15, -0.1) is 0 Å². The van der Waals surface area contributed by atoms with Gasteiger partial charge < -0.3 is 21.1 Å². The van der Waals surface area contributed by atoms with Gasteiger partial charge >= 0.3 is 6.03 Å². The third kappa shape index (κ3) is 4.21. The predicted molar refractivity (Wildman–Crippen MR) is 98.9 cm³/mol. The van der Waals surface area contributed by atoms with Gasteiger partial charge in [0.1, 0.15) is 0 Å². The summed E-state index contributed by atoms with van der Waals surface area (Å²) >= 11 is 0. The Morgan fingerprint density at radius 3 is 2.50 bits per heavy atom. The highest BCUT2D eigenvalue weighted by Gasteiger charge is 2.31. The molecule has 3 amide bonds. The van der Waals surface area contributed by atoms with Gasteiger partial charge in [0, 0.05) is 25.1 Å². The maximum Gasteiger partial charge on any atom is 0.315 e. The molecule has 0 saturated carbocycles. The first-order valence-corrected chi connectivity index (χ1v) is 8.69. The fourth-order valence-corrected chi connectivity index (χ4v) is 3.10. The third-order valence-electron chi connectivity index (χ3n) is 4.50. The van der Waals surface area contributed by atoms with E-state index in [-0.39, 0.29) is 11.9 Å². The number of hydrogen-bond acceptors (Lipinski definition) is 3. The van der Waals surface area contributed by atoms with E-state index in [2.05, 4.69) is 16.0 Å². The van der Waals surface area contributed by atoms with Crippen LogP contribution in [-0.4, -0.2) is 36.2 Å². The van der Waals surface area contributed by atoms with Crippen LogP contribution in [0.1, 0.15) is 33.1 Å². The number of amides is 3. The summed E-state index contributed by atoms with van der Waals surface area (Å²) in [6.45, 7) is 2.59. The average Bonchev–Trinajstić information content (AvgIpc) is 2.95. The van der Waals surface area contributed by atoms with E-state index < -0.39 is 12.1 Å². The van der Waals surface area contributed by atoms with Crippen LogP contribution in [0.5, 0.6) is 0 Å². The number of fused-ring (bicyclic) bond motifs is 1. The van der Waals surface area contributed by atoms with E-state index in [4.69, 9.17) is 0 Å². The summed E-state index contributed by atoms with van der Waals surface area (Å²) in [7, 11) is 0. The van der Waals surface area contributed by atoms with E-state index in [1.165, 1.54) is 0 Å². The topological polar surface area (TPSA) is 90.5 Å². The number of benzene rings is 2. The van der Waals surface area contributed by atoms with Crippen molar-refractivity contribution in [3.8, 4) is 0 Å². The Balaban J connectivity index is 1.42. The maximum absolute atomic E-state index is 12.1. The molecular weight excluding hydrogens is 330 g/mol. The number of nitrogens with one attached hydrogen (secondary N) is 3. The van der Waals surface area contributed by atoms with Crippen LogP contribution in [0.25, 0.3) is 0 Å². The van der Waals surface area contributed by atoms with Crippen molar-refractivity contribution in [3.05, 3.63) is 70.8 Å². The molecule has 0 bridgehead atoms. The van der Waals surface area contributed by atoms with Crippen LogP contribution in [-0.2, 0) is 6.42 Å². The smallest absolute Gasteiger partial charge is 0.315 e. The lowest BCUT2D eigenvalue weighted by molar-refractivity contribution is 0.0954. The van der Waals surface area contributed by atoms with Crippen molar-refractivity contribution in [1.82, 2.24) is 16.0 Å². The highest BCUT2D eigenvalue weighted by molar-refractivity contribution is 5.94. The number of aliphatic hydroxyl groups is 1. The molecule has 0 saturated heterocycles. The zero-order valence-corrected chi connectivity index (χ0v) is 14.7. The summed E-state index contributed by atoms with van der Waals surface area (Å²) in [6.07, 6.45) is -0.0901. The van der Waals surface area contributed by atoms with E-state index in [0.29, 0.717) is 25.1 Å². The molecule has 0 aliphatic heterocycles. The van der Waals surface area contributed by atoms with Gasteiger partial charge in [0.05, 0.1) is 12.1 Å². The quantitative estimate of drug-likeness (QED) is 0.617. The predicted octanol–water partition coefficient (Wildman–Crippen LogP) is 1.68. The average molecular weight is 353 g/mol. The van der Waals surface area contributed by atoms with E-state index in [1.54, 1.807) is 12.1 Å². The minimum absolute atomic E-state index is 0.174. The standard InChI is InChI=1S/C20H23N3O3/c1-13-6-8-14(9-7-13)19(25)21-10-11-22-20(26)23-18-16-5-3-2-4-15(16)12-17(18)24/h2-9,17-18,24H,10-12H2,1H3,(H,21,25)(H2,22,23,26). The Morgan fingerprint density at radius 1 is 1.04 bits per heavy atom. The van der Waals surface area contributed by atoms with Crippen molar-refractivity contribution in [3.63, 3.8) is 0 Å². The first-order valence-electron chi connectivity index (χ1n) is 8.69. The molecule has 1 aliphatic carbocycles. The van der Waals surface area contributed by atoms with Crippen molar-refractivity contribution in [1.29, 1.82) is 0 Å². The first kappa shape index (κ1) is 17.9. The van der Waals surface area contributed by atoms with Crippen LogP contribution in [0.15, 0.2) is 48.5 Å². The van der Waals surface area contributed by atoms with Gasteiger partial charge in [0.2, 0.25) is 0 Å². The molecule has 0 heterocycles. The maximum atomic E-state index is 12.1. The summed E-state index contributed by atoms with van der Waals surface area (Å²) < 4.78 is 0. The van der Waals surface area contributed by atoms with Crippen LogP contribution >= 0.6 is 0 Å². The third-order valence-corrected chi connectivity index (χ3v) is 4.50. The minimum Gasteiger partial charge on any atom is -0.390 e. The molecule has 2 atom stereocenters. The number of carbonyl (C=O) groups is 2. The highest BCUT2D eigenvalue weighted by atomic mass is 16.3. The molecule has 4 N–H and O–H groups in total. The molecule has 2 aromatic rings. The summed E-state index contributed by atoms with van der Waals surface area (Å²) in [5.41, 5.74) is 3.68. The minimum atomic E-state index is -0.626. The Bertz CT molecular complexity index is 789. The largest absolute Gasteiger partial charge is 0.390 e. The molecule has 3 rings (SSSR count). The van der Waals surface area contributed by atoms with Gasteiger partial charge in [-0.3, -0.25) is 4.79 Å². The van der Waals surface area contributed by atoms with Gasteiger partial charge in [-0.2, -0.15) is 0 Å². The molecule has 2 aromatic carbocycles. The van der Waals surface area contributed by atoms with Crippen molar-refractivity contribution in [2.75, 3.05) is 13.1 Å². The highest BCUT2D eigenvalue weighted by Crippen LogP contribution is 2.30. The summed E-state index contributed by atoms with van der Waals surface area (Å²) in [5.74, 6) is -0.174. The van der Waals surface area contributed by atoms with Gasteiger partial charge in [0.25, 0.3) is 5.91 Å². The number of aryl methyl sites for hydroxylation is 1. The van der Waals surface area contributed by atoms with Gasteiger partial charge in [-0.1, -0.05) is 42.0 Å². The van der Waals surface area contributed by atoms with Crippen LogP contribution in [0.2, 0.25) is 0 Å². The molecule has 0 aromatic heterocycles. The molecule has 0 fully saturated rings. The van der Waals surface area contributed by atoms with Crippen molar-refractivity contribution in [2.24, 2.45) is 0 Å². The lowest BCUT2D eigenvalue weighted by Crippen LogP contribution is -2.43. The van der Waals surface area contributed by atoms with E-state index in [0.717, 1.165) is 16.7 Å². The fourth-order valence-electron chi connectivity index (χ4n) is 3.10. The molecule has 1 aliphatic rings. The van der Waals surface area contributed by atoms with E-state index >= 15 is 0 Å². The Kier molecular flexibility index (Phi) is 5.53.